The summed E-state index contributed by atoms with van der Waals surface area (Å²) >= 11 is 0. The molecule has 0 atom stereocenters. The van der Waals surface area contributed by atoms with Crippen molar-refractivity contribution < 1.29 is 14.2 Å². The Morgan fingerprint density at radius 3 is 2.31 bits per heavy atom. The van der Waals surface area contributed by atoms with Crippen LogP contribution in [0.5, 0.6) is 0 Å². The van der Waals surface area contributed by atoms with Crippen molar-refractivity contribution in [3.8, 4) is 0 Å². The topological polar surface area (TPSA) is 58.4 Å². The van der Waals surface area contributed by atoms with Gasteiger partial charge in [-0.2, -0.15) is 0 Å². The van der Waals surface area contributed by atoms with Crippen LogP contribution < -0.4 is 0 Å². The smallest absolute Gasteiger partial charge is 0.162 e. The number of aryl methyl sites for hydroxylation is 3. The van der Waals surface area contributed by atoms with E-state index in [1.165, 1.54) is 5.56 Å². The lowest BCUT2D eigenvalue weighted by Crippen LogP contribution is -2.47. The summed E-state index contributed by atoms with van der Waals surface area (Å²) in [5, 5.41) is 0. The van der Waals surface area contributed by atoms with Gasteiger partial charge >= 0.3 is 0 Å². The Bertz CT molecular complexity index is 800. The zero-order chi connectivity index (χ0) is 19.1. The lowest BCUT2D eigenvalue weighted by molar-refractivity contribution is -0.284. The predicted octanol–water partition coefficient (Wildman–Crippen LogP) is 3.68. The van der Waals surface area contributed by atoms with E-state index in [4.69, 9.17) is 19.2 Å². The SMILES string of the molecule is CCOCc1nc2c(C)nc(C)c(C)c2n1CC1(C)COC(C)(C)OC1. The van der Waals surface area contributed by atoms with Gasteiger partial charge in [0.1, 0.15) is 17.9 Å². The Hall–Kier alpha value is -1.50. The zero-order valence-electron chi connectivity index (χ0n) is 17.1. The fourth-order valence-electron chi connectivity index (χ4n) is 3.42. The van der Waals surface area contributed by atoms with Crippen LogP contribution in [0.15, 0.2) is 0 Å². The highest BCUT2D eigenvalue weighted by Gasteiger charge is 2.38. The molecule has 1 saturated heterocycles. The van der Waals surface area contributed by atoms with Crippen LogP contribution in [0, 0.1) is 26.2 Å². The molecule has 0 aromatic carbocycles. The van der Waals surface area contributed by atoms with E-state index in [1.54, 1.807) is 0 Å². The molecule has 144 valence electrons. The summed E-state index contributed by atoms with van der Waals surface area (Å²) in [7, 11) is 0. The van der Waals surface area contributed by atoms with Gasteiger partial charge in [0.2, 0.25) is 0 Å². The number of fused-ring (bicyclic) bond motifs is 1. The lowest BCUT2D eigenvalue weighted by atomic mass is 9.91. The van der Waals surface area contributed by atoms with E-state index in [0.29, 0.717) is 26.4 Å². The number of ether oxygens (including phenoxy) is 3. The molecule has 3 heterocycles. The lowest BCUT2D eigenvalue weighted by Gasteiger charge is -2.41. The molecule has 2 aromatic heterocycles. The fourth-order valence-corrected chi connectivity index (χ4v) is 3.42. The van der Waals surface area contributed by atoms with Crippen LogP contribution in [0.1, 0.15) is 50.5 Å². The first-order chi connectivity index (χ1) is 12.2. The number of hydrogen-bond donors (Lipinski definition) is 0. The number of aromatic nitrogens is 3. The average molecular weight is 361 g/mol. The van der Waals surface area contributed by atoms with Crippen LogP contribution in [-0.2, 0) is 27.4 Å². The highest BCUT2D eigenvalue weighted by Crippen LogP contribution is 2.34. The summed E-state index contributed by atoms with van der Waals surface area (Å²) in [4.78, 5) is 9.52. The second kappa shape index (κ2) is 6.91. The maximum atomic E-state index is 5.94. The van der Waals surface area contributed by atoms with Gasteiger partial charge in [-0.3, -0.25) is 4.98 Å². The van der Waals surface area contributed by atoms with Crippen molar-refractivity contribution in [2.75, 3.05) is 19.8 Å². The molecule has 0 N–H and O–H groups in total. The van der Waals surface area contributed by atoms with Gasteiger partial charge < -0.3 is 18.8 Å². The maximum Gasteiger partial charge on any atom is 0.162 e. The maximum absolute atomic E-state index is 5.94. The summed E-state index contributed by atoms with van der Waals surface area (Å²) in [6, 6.07) is 0. The Balaban J connectivity index is 2.05. The third kappa shape index (κ3) is 3.63. The summed E-state index contributed by atoms with van der Waals surface area (Å²) in [5.74, 6) is 0.420. The Morgan fingerprint density at radius 1 is 1.04 bits per heavy atom. The van der Waals surface area contributed by atoms with Gasteiger partial charge in [-0.25, -0.2) is 4.98 Å². The first kappa shape index (κ1) is 19.3. The number of rotatable bonds is 5. The standard InChI is InChI=1S/C20H31N3O3/c1-8-24-9-16-22-17-15(4)21-14(3)13(2)18(17)23(16)10-20(7)11-25-19(5,6)26-12-20/h8-12H2,1-7H3. The number of pyridine rings is 1. The normalized spacial score (nSPS) is 19.2. The van der Waals surface area contributed by atoms with Gasteiger partial charge in [0.25, 0.3) is 0 Å². The van der Waals surface area contributed by atoms with Crippen molar-refractivity contribution in [2.45, 2.75) is 67.4 Å². The Morgan fingerprint density at radius 2 is 1.69 bits per heavy atom. The van der Waals surface area contributed by atoms with Crippen molar-refractivity contribution in [1.82, 2.24) is 14.5 Å². The molecular formula is C20H31N3O3. The largest absolute Gasteiger partial charge is 0.374 e. The van der Waals surface area contributed by atoms with Crippen molar-refractivity contribution in [3.63, 3.8) is 0 Å². The molecule has 1 fully saturated rings. The fraction of sp³-hybridized carbons (Fsp3) is 0.700. The summed E-state index contributed by atoms with van der Waals surface area (Å²) < 4.78 is 19.9. The van der Waals surface area contributed by atoms with Crippen LogP contribution >= 0.6 is 0 Å². The van der Waals surface area contributed by atoms with E-state index in [-0.39, 0.29) is 5.41 Å². The van der Waals surface area contributed by atoms with E-state index >= 15 is 0 Å². The van der Waals surface area contributed by atoms with Crippen LogP contribution in [0.3, 0.4) is 0 Å². The molecule has 6 heteroatoms. The van der Waals surface area contributed by atoms with Crippen molar-refractivity contribution in [2.24, 2.45) is 5.41 Å². The van der Waals surface area contributed by atoms with Gasteiger partial charge in [0.05, 0.1) is 24.4 Å². The summed E-state index contributed by atoms with van der Waals surface area (Å²) in [5.41, 5.74) is 5.16. The Kier molecular flexibility index (Phi) is 5.12. The number of nitrogens with zero attached hydrogens (tertiary/aromatic N) is 3. The first-order valence-corrected chi connectivity index (χ1v) is 9.34. The van der Waals surface area contributed by atoms with Gasteiger partial charge in [0, 0.05) is 24.3 Å². The van der Waals surface area contributed by atoms with Crippen LogP contribution in [-0.4, -0.2) is 40.1 Å². The molecule has 6 nitrogen and oxygen atoms in total. The minimum absolute atomic E-state index is 0.123. The van der Waals surface area contributed by atoms with E-state index in [2.05, 4.69) is 30.3 Å². The van der Waals surface area contributed by atoms with E-state index in [0.717, 1.165) is 34.8 Å². The van der Waals surface area contributed by atoms with Crippen molar-refractivity contribution in [1.29, 1.82) is 0 Å². The molecule has 0 unspecified atom stereocenters. The molecule has 3 rings (SSSR count). The molecule has 0 aliphatic carbocycles. The molecule has 0 amide bonds. The second-order valence-electron chi connectivity index (χ2n) is 8.14. The van der Waals surface area contributed by atoms with Crippen molar-refractivity contribution in [3.05, 3.63) is 22.8 Å². The Labute approximate surface area is 155 Å². The number of hydrogen-bond acceptors (Lipinski definition) is 5. The average Bonchev–Trinajstić information content (AvgIpc) is 2.93. The van der Waals surface area contributed by atoms with Crippen LogP contribution in [0.2, 0.25) is 0 Å². The summed E-state index contributed by atoms with van der Waals surface area (Å²) in [6.45, 7) is 17.5. The van der Waals surface area contributed by atoms with E-state index < -0.39 is 5.79 Å². The van der Waals surface area contributed by atoms with E-state index in [9.17, 15) is 0 Å². The van der Waals surface area contributed by atoms with Gasteiger partial charge in [-0.05, 0) is 47.1 Å². The quantitative estimate of drug-likeness (QED) is 0.813. The molecule has 2 aromatic rings. The van der Waals surface area contributed by atoms with Crippen molar-refractivity contribution >= 4 is 11.0 Å². The van der Waals surface area contributed by atoms with Gasteiger partial charge in [0.15, 0.2) is 5.79 Å². The molecule has 1 aliphatic heterocycles. The molecule has 1 aliphatic rings. The van der Waals surface area contributed by atoms with E-state index in [1.807, 2.05) is 27.7 Å². The number of imidazole rings is 1. The molecule has 0 spiro atoms. The molecule has 0 saturated carbocycles. The molecule has 0 radical (unpaired) electrons. The zero-order valence-corrected chi connectivity index (χ0v) is 17.1. The molecule has 26 heavy (non-hydrogen) atoms. The third-order valence-electron chi connectivity index (χ3n) is 5.13. The van der Waals surface area contributed by atoms with Gasteiger partial charge in [-0.15, -0.1) is 0 Å². The predicted molar refractivity (Wildman–Crippen MR) is 101 cm³/mol. The molecular weight excluding hydrogens is 330 g/mol. The van der Waals surface area contributed by atoms with Crippen LogP contribution in [0.4, 0.5) is 0 Å². The third-order valence-corrected chi connectivity index (χ3v) is 5.13. The minimum atomic E-state index is -0.516. The first-order valence-electron chi connectivity index (χ1n) is 9.34. The molecule has 0 bridgehead atoms. The highest BCUT2D eigenvalue weighted by atomic mass is 16.7. The summed E-state index contributed by atoms with van der Waals surface area (Å²) in [6.07, 6.45) is 0. The second-order valence-corrected chi connectivity index (χ2v) is 8.14. The van der Waals surface area contributed by atoms with Crippen LogP contribution in [0.25, 0.3) is 11.0 Å². The monoisotopic (exact) mass is 361 g/mol. The minimum Gasteiger partial charge on any atom is -0.374 e. The van der Waals surface area contributed by atoms with Gasteiger partial charge in [-0.1, -0.05) is 6.92 Å². The highest BCUT2D eigenvalue weighted by molar-refractivity contribution is 5.82.